The molecule has 2 fully saturated rings. The zero-order chi connectivity index (χ0) is 38.8. The number of carboxylic acid groups (broad SMARTS) is 1. The maximum Gasteiger partial charge on any atom is 0.416 e. The first-order valence-electron chi connectivity index (χ1n) is 18.3. The first kappa shape index (κ1) is 39.8. The van der Waals surface area contributed by atoms with Gasteiger partial charge in [0.05, 0.1) is 23.7 Å². The number of carbonyl (C=O) groups is 2. The fraction of sp³-hybridized carbons (Fsp3) is 0.500. The number of aromatic nitrogens is 1. The Morgan fingerprint density at radius 1 is 1.09 bits per heavy atom. The third kappa shape index (κ3) is 9.96. The van der Waals surface area contributed by atoms with Crippen molar-refractivity contribution in [2.75, 3.05) is 26.7 Å². The molecule has 3 aliphatic rings. The summed E-state index contributed by atoms with van der Waals surface area (Å²) in [5.74, 6) is 5.04. The van der Waals surface area contributed by atoms with E-state index in [2.05, 4.69) is 30.6 Å². The van der Waals surface area contributed by atoms with Crippen LogP contribution in [-0.2, 0) is 9.59 Å². The molecule has 5 rings (SSSR count). The van der Waals surface area contributed by atoms with E-state index in [9.17, 15) is 32.3 Å². The standard InChI is InChI=1S/C42H50F4N4O3/c1-25(2)16-38(50-23-31(12-14-49-15-13-33(43)24-49)35(19-29(50)6)42(44,45)46)41(53)48(7)37(22-39(51)52)36-21-32(20-34(47-36)11-10-30-8-9-30)40-27(4)17-26(3)18-28(40)5/h17-21,23,25,30,33,37-38H,6,8-9,12-16,22,24H2,1-5,7H3,(H,51,52)/t33-,37+,38+/m1/s1. The predicted molar refractivity (Wildman–Crippen MR) is 198 cm³/mol. The molecule has 2 aromatic rings. The highest BCUT2D eigenvalue weighted by Gasteiger charge is 2.41. The number of aliphatic carboxylic acids is 1. The second-order valence-electron chi connectivity index (χ2n) is 15.2. The highest BCUT2D eigenvalue weighted by atomic mass is 19.4. The molecule has 2 aliphatic heterocycles. The lowest BCUT2D eigenvalue weighted by Gasteiger charge is -2.39. The summed E-state index contributed by atoms with van der Waals surface area (Å²) in [7, 11) is 1.52. The number of carbonyl (C=O) groups excluding carboxylic acids is 1. The zero-order valence-electron chi connectivity index (χ0n) is 31.5. The first-order chi connectivity index (χ1) is 24.9. The Hall–Kier alpha value is -4.43. The number of likely N-dealkylation sites (N-methyl/N-ethyl adjacent to an activating group) is 1. The van der Waals surface area contributed by atoms with Gasteiger partial charge in [-0.25, -0.2) is 9.37 Å². The lowest BCUT2D eigenvalue weighted by molar-refractivity contribution is -0.142. The monoisotopic (exact) mass is 734 g/mol. The van der Waals surface area contributed by atoms with Crippen molar-refractivity contribution in [3.8, 4) is 23.0 Å². The number of aryl methyl sites for hydroxylation is 3. The van der Waals surface area contributed by atoms with Crippen LogP contribution >= 0.6 is 0 Å². The minimum atomic E-state index is -4.67. The second kappa shape index (κ2) is 16.3. The minimum Gasteiger partial charge on any atom is -0.481 e. The number of halogens is 4. The summed E-state index contributed by atoms with van der Waals surface area (Å²) in [5, 5.41) is 10.1. The summed E-state index contributed by atoms with van der Waals surface area (Å²) in [6.07, 6.45) is -1.19. The van der Waals surface area contributed by atoms with E-state index in [4.69, 9.17) is 4.98 Å². The molecule has 1 aliphatic carbocycles. The van der Waals surface area contributed by atoms with E-state index in [-0.39, 0.29) is 43.1 Å². The number of likely N-dealkylation sites (tertiary alicyclic amines) is 1. The number of amides is 1. The SMILES string of the molecule is C=C1C=C(C(F)(F)F)C(CCN2CC[C@@H](F)C2)=CN1[C@@H](CC(C)C)C(=O)N(C)[C@@H](CC(=O)O)c1cc(-c2c(C)cc(C)cc2C)cc(C#CC2CC2)n1. The van der Waals surface area contributed by atoms with Crippen LogP contribution < -0.4 is 0 Å². The maximum absolute atomic E-state index is 14.7. The van der Waals surface area contributed by atoms with Gasteiger partial charge in [0.15, 0.2) is 0 Å². The smallest absolute Gasteiger partial charge is 0.416 e. The van der Waals surface area contributed by atoms with E-state index in [1.54, 1.807) is 4.90 Å². The number of nitrogens with zero attached hydrogens (tertiary/aromatic N) is 4. The summed E-state index contributed by atoms with van der Waals surface area (Å²) in [5.41, 5.74) is 4.91. The number of carboxylic acids is 1. The summed E-state index contributed by atoms with van der Waals surface area (Å²) in [6.45, 7) is 14.7. The third-order valence-corrected chi connectivity index (χ3v) is 10.1. The van der Waals surface area contributed by atoms with Gasteiger partial charge in [-0.05, 0) is 111 Å². The molecule has 3 atom stereocenters. The fourth-order valence-electron chi connectivity index (χ4n) is 7.42. The Kier molecular flexibility index (Phi) is 12.2. The van der Waals surface area contributed by atoms with E-state index in [1.165, 1.54) is 23.0 Å². The lowest BCUT2D eigenvalue weighted by Crippen LogP contribution is -2.48. The van der Waals surface area contributed by atoms with Crippen LogP contribution in [0.2, 0.25) is 0 Å². The van der Waals surface area contributed by atoms with E-state index in [0.717, 1.165) is 46.7 Å². The number of hydrogen-bond acceptors (Lipinski definition) is 5. The lowest BCUT2D eigenvalue weighted by atomic mass is 9.92. The number of rotatable bonds is 12. The number of pyridine rings is 1. The molecule has 0 radical (unpaired) electrons. The Balaban J connectivity index is 1.55. The molecule has 284 valence electrons. The molecule has 1 saturated carbocycles. The molecule has 1 amide bonds. The maximum atomic E-state index is 14.7. The van der Waals surface area contributed by atoms with Gasteiger partial charge in [-0.1, -0.05) is 44.0 Å². The average molecular weight is 735 g/mol. The van der Waals surface area contributed by atoms with E-state index in [0.29, 0.717) is 30.3 Å². The zero-order valence-corrected chi connectivity index (χ0v) is 31.5. The Bertz CT molecular complexity index is 1840. The molecule has 11 heteroatoms. The van der Waals surface area contributed by atoms with Crippen molar-refractivity contribution in [3.05, 3.63) is 88.0 Å². The molecule has 53 heavy (non-hydrogen) atoms. The summed E-state index contributed by atoms with van der Waals surface area (Å²) < 4.78 is 56.9. The van der Waals surface area contributed by atoms with Gasteiger partial charge >= 0.3 is 12.1 Å². The van der Waals surface area contributed by atoms with Gasteiger partial charge in [-0.3, -0.25) is 9.59 Å². The van der Waals surface area contributed by atoms with Crippen molar-refractivity contribution in [1.82, 2.24) is 19.7 Å². The molecule has 1 saturated heterocycles. The van der Waals surface area contributed by atoms with Crippen molar-refractivity contribution in [2.45, 2.75) is 97.6 Å². The van der Waals surface area contributed by atoms with Crippen LogP contribution in [-0.4, -0.2) is 81.7 Å². The number of allylic oxidation sites excluding steroid dienone is 2. The van der Waals surface area contributed by atoms with Crippen molar-refractivity contribution < 1.29 is 32.3 Å². The largest absolute Gasteiger partial charge is 0.481 e. The van der Waals surface area contributed by atoms with Crippen molar-refractivity contribution in [3.63, 3.8) is 0 Å². The molecule has 3 heterocycles. The van der Waals surface area contributed by atoms with Crippen molar-refractivity contribution in [1.29, 1.82) is 0 Å². The molecule has 0 unspecified atom stereocenters. The summed E-state index contributed by atoms with van der Waals surface area (Å²) >= 11 is 0. The van der Waals surface area contributed by atoms with Crippen LogP contribution in [0.15, 0.2) is 60.0 Å². The van der Waals surface area contributed by atoms with Gasteiger partial charge in [0, 0.05) is 44.5 Å². The predicted octanol–water partition coefficient (Wildman–Crippen LogP) is 8.46. The van der Waals surface area contributed by atoms with Crippen LogP contribution in [0.25, 0.3) is 11.1 Å². The fourth-order valence-corrected chi connectivity index (χ4v) is 7.42. The molecule has 1 aromatic carbocycles. The average Bonchev–Trinajstić information content (AvgIpc) is 3.81. The molecule has 0 bridgehead atoms. The first-order valence-corrected chi connectivity index (χ1v) is 18.3. The van der Waals surface area contributed by atoms with Gasteiger partial charge in [-0.2, -0.15) is 13.2 Å². The van der Waals surface area contributed by atoms with Crippen molar-refractivity contribution >= 4 is 11.9 Å². The highest BCUT2D eigenvalue weighted by molar-refractivity contribution is 5.84. The van der Waals surface area contributed by atoms with E-state index in [1.807, 2.05) is 46.8 Å². The normalized spacial score (nSPS) is 19.0. The summed E-state index contributed by atoms with van der Waals surface area (Å²) in [6, 6.07) is 5.86. The molecular weight excluding hydrogens is 684 g/mol. The number of alkyl halides is 4. The van der Waals surface area contributed by atoms with Crippen LogP contribution in [0.3, 0.4) is 0 Å². The summed E-state index contributed by atoms with van der Waals surface area (Å²) in [4.78, 5) is 36.6. The Labute approximate surface area is 310 Å². The number of hydrogen-bond donors (Lipinski definition) is 1. The Morgan fingerprint density at radius 2 is 1.77 bits per heavy atom. The molecule has 1 N–H and O–H groups in total. The molecule has 0 spiro atoms. The van der Waals surface area contributed by atoms with Crippen LogP contribution in [0.1, 0.15) is 86.5 Å². The second-order valence-corrected chi connectivity index (χ2v) is 15.2. The van der Waals surface area contributed by atoms with Crippen LogP contribution in [0, 0.1) is 44.4 Å². The van der Waals surface area contributed by atoms with Gasteiger partial charge in [-0.15, -0.1) is 0 Å². The quantitative estimate of drug-likeness (QED) is 0.174. The van der Waals surface area contributed by atoms with Crippen LogP contribution in [0.5, 0.6) is 0 Å². The molecule has 1 aromatic heterocycles. The molecular formula is C42H50F4N4O3. The third-order valence-electron chi connectivity index (χ3n) is 10.1. The van der Waals surface area contributed by atoms with Gasteiger partial charge in [0.1, 0.15) is 17.9 Å². The van der Waals surface area contributed by atoms with Gasteiger partial charge in [0.25, 0.3) is 0 Å². The topological polar surface area (TPSA) is 77.0 Å². The van der Waals surface area contributed by atoms with E-state index >= 15 is 0 Å². The van der Waals surface area contributed by atoms with E-state index < -0.39 is 48.3 Å². The minimum absolute atomic E-state index is 0.00113. The molecule has 7 nitrogen and oxygen atoms in total. The van der Waals surface area contributed by atoms with Gasteiger partial charge in [0.2, 0.25) is 5.91 Å². The van der Waals surface area contributed by atoms with Gasteiger partial charge < -0.3 is 19.8 Å². The Morgan fingerprint density at radius 3 is 2.34 bits per heavy atom. The number of benzene rings is 1. The van der Waals surface area contributed by atoms with Crippen LogP contribution in [0.4, 0.5) is 17.6 Å². The highest BCUT2D eigenvalue weighted by Crippen LogP contribution is 2.40. The van der Waals surface area contributed by atoms with Crippen molar-refractivity contribution in [2.24, 2.45) is 11.8 Å².